The Labute approximate surface area is 193 Å². The molecule has 4 aromatic rings. The van der Waals surface area contributed by atoms with Crippen molar-refractivity contribution in [1.82, 2.24) is 29.1 Å². The molecule has 0 radical (unpaired) electrons. The normalized spacial score (nSPS) is 14.8. The minimum atomic E-state index is -4.58. The van der Waals surface area contributed by atoms with E-state index in [0.717, 1.165) is 30.8 Å². The number of hydrogen-bond donors (Lipinski definition) is 0. The van der Waals surface area contributed by atoms with Crippen molar-refractivity contribution < 1.29 is 21.6 Å². The van der Waals surface area contributed by atoms with Crippen molar-refractivity contribution in [3.8, 4) is 22.9 Å². The summed E-state index contributed by atoms with van der Waals surface area (Å²) >= 11 is 0. The summed E-state index contributed by atoms with van der Waals surface area (Å²) < 4.78 is 68.5. The molecule has 178 valence electrons. The number of aromatic nitrogens is 6. The van der Waals surface area contributed by atoms with Crippen LogP contribution in [-0.4, -0.2) is 43.2 Å². The monoisotopic (exact) mass is 490 g/mol. The topological polar surface area (TPSA) is 95.6 Å². The molecule has 0 spiro atoms. The Kier molecular flexibility index (Phi) is 5.04. The van der Waals surface area contributed by atoms with Crippen molar-refractivity contribution in [2.45, 2.75) is 36.9 Å². The molecule has 1 saturated carbocycles. The van der Waals surface area contributed by atoms with Crippen LogP contribution in [0.15, 0.2) is 35.6 Å². The van der Waals surface area contributed by atoms with Crippen molar-refractivity contribution in [2.75, 3.05) is 5.75 Å². The molecule has 5 rings (SSSR count). The fourth-order valence-electron chi connectivity index (χ4n) is 3.98. The summed E-state index contributed by atoms with van der Waals surface area (Å²) in [5.41, 5.74) is 0.915. The molecule has 0 N–H and O–H groups in total. The molecule has 0 unspecified atom stereocenters. The number of halogens is 3. The highest BCUT2D eigenvalue weighted by atomic mass is 32.2. The quantitative estimate of drug-likeness (QED) is 0.418. The maximum Gasteiger partial charge on any atom is 0.417 e. The minimum absolute atomic E-state index is 0.00479. The van der Waals surface area contributed by atoms with E-state index in [2.05, 4.69) is 19.9 Å². The predicted molar refractivity (Wildman–Crippen MR) is 119 cm³/mol. The van der Waals surface area contributed by atoms with Gasteiger partial charge in [0.05, 0.1) is 11.3 Å². The fraction of sp³-hybridized carbons (Fsp3) is 0.364. The Hall–Kier alpha value is -3.28. The molecule has 0 aliphatic heterocycles. The molecular weight excluding hydrogens is 469 g/mol. The van der Waals surface area contributed by atoms with E-state index in [9.17, 15) is 21.6 Å². The summed E-state index contributed by atoms with van der Waals surface area (Å²) in [6.45, 7) is 1.52. The summed E-state index contributed by atoms with van der Waals surface area (Å²) in [6.07, 6.45) is 0.0270. The van der Waals surface area contributed by atoms with Gasteiger partial charge < -0.3 is 9.13 Å². The second-order valence-electron chi connectivity index (χ2n) is 8.36. The van der Waals surface area contributed by atoms with E-state index < -0.39 is 21.6 Å². The van der Waals surface area contributed by atoms with Gasteiger partial charge in [-0.25, -0.2) is 23.4 Å². The number of pyridine rings is 2. The van der Waals surface area contributed by atoms with E-state index in [4.69, 9.17) is 0 Å². The number of nitrogens with zero attached hydrogens (tertiary/aromatic N) is 6. The van der Waals surface area contributed by atoms with Crippen LogP contribution in [0.4, 0.5) is 13.2 Å². The Morgan fingerprint density at radius 3 is 2.35 bits per heavy atom. The van der Waals surface area contributed by atoms with Crippen LogP contribution >= 0.6 is 0 Å². The minimum Gasteiger partial charge on any atom is -0.318 e. The highest BCUT2D eigenvalue weighted by Crippen LogP contribution is 2.40. The first-order chi connectivity index (χ1) is 16.0. The van der Waals surface area contributed by atoms with Gasteiger partial charge in [0.1, 0.15) is 17.0 Å². The lowest BCUT2D eigenvalue weighted by molar-refractivity contribution is -0.137. The third-order valence-corrected chi connectivity index (χ3v) is 7.82. The van der Waals surface area contributed by atoms with Gasteiger partial charge in [0.15, 0.2) is 26.3 Å². The Morgan fingerprint density at radius 2 is 1.76 bits per heavy atom. The molecule has 12 heteroatoms. The largest absolute Gasteiger partial charge is 0.417 e. The zero-order chi connectivity index (χ0) is 24.4. The molecule has 4 aromatic heterocycles. The molecule has 34 heavy (non-hydrogen) atoms. The van der Waals surface area contributed by atoms with Crippen molar-refractivity contribution in [2.24, 2.45) is 14.1 Å². The second kappa shape index (κ2) is 7.62. The average Bonchev–Trinajstić information content (AvgIpc) is 3.51. The SMILES string of the molecule is CCS(=O)(=O)c1c(-c2nc3cc(C(F)(F)F)cnc3n2C)nc(-c2ccc(C3CC3)nc2)n1C. The summed E-state index contributed by atoms with van der Waals surface area (Å²) in [4.78, 5) is 17.3. The molecule has 8 nitrogen and oxygen atoms in total. The summed E-state index contributed by atoms with van der Waals surface area (Å²) in [5, 5.41) is -0.0641. The number of hydrogen-bond acceptors (Lipinski definition) is 6. The van der Waals surface area contributed by atoms with Gasteiger partial charge in [0, 0.05) is 43.7 Å². The summed E-state index contributed by atoms with van der Waals surface area (Å²) in [6, 6.07) is 4.65. The van der Waals surface area contributed by atoms with Gasteiger partial charge in [0.2, 0.25) is 0 Å². The van der Waals surface area contributed by atoms with Crippen LogP contribution < -0.4 is 0 Å². The summed E-state index contributed by atoms with van der Waals surface area (Å²) in [7, 11) is -0.613. The summed E-state index contributed by atoms with van der Waals surface area (Å²) in [5.74, 6) is 0.764. The van der Waals surface area contributed by atoms with Gasteiger partial charge in [0.25, 0.3) is 0 Å². The fourth-order valence-corrected chi connectivity index (χ4v) is 5.19. The predicted octanol–water partition coefficient (Wildman–Crippen LogP) is 4.12. The van der Waals surface area contributed by atoms with Gasteiger partial charge in [-0.1, -0.05) is 6.92 Å². The first kappa shape index (κ1) is 22.5. The number of sulfone groups is 1. The zero-order valence-corrected chi connectivity index (χ0v) is 19.4. The van der Waals surface area contributed by atoms with Crippen molar-refractivity contribution in [3.63, 3.8) is 0 Å². The Morgan fingerprint density at radius 1 is 1.03 bits per heavy atom. The second-order valence-corrected chi connectivity index (χ2v) is 10.6. The smallest absolute Gasteiger partial charge is 0.318 e. The van der Waals surface area contributed by atoms with E-state index in [1.165, 1.54) is 16.1 Å². The first-order valence-corrected chi connectivity index (χ1v) is 12.3. The van der Waals surface area contributed by atoms with Crippen molar-refractivity contribution in [1.29, 1.82) is 0 Å². The highest BCUT2D eigenvalue weighted by Gasteiger charge is 2.33. The van der Waals surface area contributed by atoms with Crippen LogP contribution in [0.3, 0.4) is 0 Å². The molecule has 0 amide bonds. The van der Waals surface area contributed by atoms with Crippen LogP contribution in [0.25, 0.3) is 34.1 Å². The van der Waals surface area contributed by atoms with Crippen molar-refractivity contribution in [3.05, 3.63) is 41.9 Å². The van der Waals surface area contributed by atoms with Gasteiger partial charge in [-0.2, -0.15) is 13.2 Å². The molecule has 1 aliphatic carbocycles. The molecule has 0 bridgehead atoms. The van der Waals surface area contributed by atoms with E-state index in [1.54, 1.807) is 20.3 Å². The molecule has 0 aromatic carbocycles. The van der Waals surface area contributed by atoms with Gasteiger partial charge in [-0.15, -0.1) is 0 Å². The van der Waals surface area contributed by atoms with E-state index in [0.29, 0.717) is 17.3 Å². The number of rotatable bonds is 5. The molecule has 1 aliphatic rings. The molecule has 4 heterocycles. The van der Waals surface area contributed by atoms with Crippen LogP contribution in [0.5, 0.6) is 0 Å². The number of alkyl halides is 3. The van der Waals surface area contributed by atoms with Crippen LogP contribution in [0.1, 0.15) is 36.9 Å². The number of aryl methyl sites for hydroxylation is 1. The Balaban J connectivity index is 1.71. The molecule has 0 atom stereocenters. The maximum atomic E-state index is 13.2. The lowest BCUT2D eigenvalue weighted by Gasteiger charge is -2.07. The maximum absolute atomic E-state index is 13.2. The van der Waals surface area contributed by atoms with E-state index >= 15 is 0 Å². The highest BCUT2D eigenvalue weighted by molar-refractivity contribution is 7.91. The van der Waals surface area contributed by atoms with Gasteiger partial charge in [-0.05, 0) is 31.0 Å². The van der Waals surface area contributed by atoms with E-state index in [-0.39, 0.29) is 33.5 Å². The first-order valence-electron chi connectivity index (χ1n) is 10.7. The number of imidazole rings is 2. The standard InChI is InChI=1S/C22H21F3N6O2S/c1-4-34(32,33)21-17(20-28-16-9-14(22(23,24)25)11-27-19(16)30(20)2)29-18(31(21)3)13-7-8-15(26-10-13)12-5-6-12/h7-12H,4-6H2,1-3H3. The van der Waals surface area contributed by atoms with Gasteiger partial charge in [-0.3, -0.25) is 4.98 Å². The molecule has 1 fully saturated rings. The van der Waals surface area contributed by atoms with Gasteiger partial charge >= 0.3 is 6.18 Å². The third kappa shape index (κ3) is 3.65. The third-order valence-electron chi connectivity index (χ3n) is 6.01. The average molecular weight is 491 g/mol. The van der Waals surface area contributed by atoms with Crippen LogP contribution in [-0.2, 0) is 30.1 Å². The van der Waals surface area contributed by atoms with E-state index in [1.807, 2.05) is 12.1 Å². The molecule has 0 saturated heterocycles. The lowest BCUT2D eigenvalue weighted by atomic mass is 10.2. The zero-order valence-electron chi connectivity index (χ0n) is 18.6. The van der Waals surface area contributed by atoms with Crippen molar-refractivity contribution >= 4 is 21.0 Å². The van der Waals surface area contributed by atoms with Crippen LogP contribution in [0, 0.1) is 0 Å². The van der Waals surface area contributed by atoms with Crippen LogP contribution in [0.2, 0.25) is 0 Å². The number of fused-ring (bicyclic) bond motifs is 1. The Bertz CT molecular complexity index is 1520. The lowest BCUT2D eigenvalue weighted by Crippen LogP contribution is -2.11. The molecular formula is C22H21F3N6O2S.